The van der Waals surface area contributed by atoms with E-state index < -0.39 is 0 Å². The third-order valence-corrected chi connectivity index (χ3v) is 16.1. The summed E-state index contributed by atoms with van der Waals surface area (Å²) in [6.07, 6.45) is 7.45. The quantitative estimate of drug-likeness (QED) is 0.160. The van der Waals surface area contributed by atoms with Crippen LogP contribution in [0.5, 0.6) is 0 Å². The molecule has 3 heterocycles. The first-order valence-electron chi connectivity index (χ1n) is 23.3. The van der Waals surface area contributed by atoms with Crippen LogP contribution in [0.2, 0.25) is 0 Å². The molecule has 15 rings (SSSR count). The molecule has 0 saturated heterocycles. The average molecular weight is 869 g/mol. The molecule has 3 heteroatoms. The molecule has 0 amide bonds. The number of fused-ring (bicyclic) bond motifs is 13. The molecule has 67 heavy (non-hydrogen) atoms. The molecule has 11 aromatic carbocycles. The lowest BCUT2D eigenvalue weighted by Crippen LogP contribution is -2.09. The van der Waals surface area contributed by atoms with E-state index in [2.05, 4.69) is 240 Å². The Morgan fingerprint density at radius 2 is 0.701 bits per heavy atom. The molecular formula is C64H40N2S. The minimum Gasteiger partial charge on any atom is -0.308 e. The minimum atomic E-state index is 0.259. The first kappa shape index (κ1) is 37.1. The van der Waals surface area contributed by atoms with Crippen molar-refractivity contribution in [3.05, 3.63) is 242 Å². The van der Waals surface area contributed by atoms with Crippen LogP contribution in [0.25, 0.3) is 115 Å². The second-order valence-corrected chi connectivity index (χ2v) is 19.4. The second kappa shape index (κ2) is 14.2. The van der Waals surface area contributed by atoms with E-state index in [0.717, 1.165) is 0 Å². The molecule has 0 fully saturated rings. The van der Waals surface area contributed by atoms with Crippen LogP contribution < -0.4 is 0 Å². The molecule has 13 aromatic rings. The minimum absolute atomic E-state index is 0.259. The van der Waals surface area contributed by atoms with Crippen LogP contribution in [0.1, 0.15) is 17.0 Å². The van der Waals surface area contributed by atoms with Crippen LogP contribution in [0.15, 0.2) is 235 Å². The van der Waals surface area contributed by atoms with E-state index in [0.29, 0.717) is 5.25 Å². The Hall–Kier alpha value is -8.11. The molecule has 0 N–H and O–H groups in total. The number of rotatable bonds is 4. The largest absolute Gasteiger partial charge is 0.308 e. The van der Waals surface area contributed by atoms with Gasteiger partial charge in [-0.2, -0.15) is 0 Å². The van der Waals surface area contributed by atoms with E-state index in [9.17, 15) is 0 Å². The van der Waals surface area contributed by atoms with Gasteiger partial charge in [-0.05, 0) is 79.7 Å². The number of hydrogen-bond acceptors (Lipinski definition) is 1. The van der Waals surface area contributed by atoms with Crippen LogP contribution in [0, 0.1) is 0 Å². The maximum Gasteiger partial charge on any atom is 0.0619 e. The summed E-state index contributed by atoms with van der Waals surface area (Å²) in [6, 6.07) is 78.9. The highest BCUT2D eigenvalue weighted by Gasteiger charge is 2.34. The third-order valence-electron chi connectivity index (χ3n) is 14.8. The van der Waals surface area contributed by atoms with Gasteiger partial charge in [0.15, 0.2) is 0 Å². The van der Waals surface area contributed by atoms with E-state index in [1.165, 1.54) is 131 Å². The molecule has 2 aliphatic rings. The van der Waals surface area contributed by atoms with E-state index in [1.807, 2.05) is 11.8 Å². The number of hydrogen-bond donors (Lipinski definition) is 0. The molecule has 0 spiro atoms. The molecule has 2 nitrogen and oxygen atoms in total. The van der Waals surface area contributed by atoms with Crippen molar-refractivity contribution < 1.29 is 0 Å². The highest BCUT2D eigenvalue weighted by Crippen LogP contribution is 2.53. The Kier molecular flexibility index (Phi) is 7.87. The summed E-state index contributed by atoms with van der Waals surface area (Å²) >= 11 is 2.01. The number of benzene rings is 11. The molecule has 0 saturated carbocycles. The summed E-state index contributed by atoms with van der Waals surface area (Å²) in [5, 5.41) is 15.5. The van der Waals surface area contributed by atoms with Crippen molar-refractivity contribution >= 4 is 104 Å². The third kappa shape index (κ3) is 5.23. The normalized spacial score (nSPS) is 15.7. The fourth-order valence-electron chi connectivity index (χ4n) is 12.1. The van der Waals surface area contributed by atoms with Gasteiger partial charge in [-0.3, -0.25) is 0 Å². The highest BCUT2D eigenvalue weighted by atomic mass is 32.2. The molecular weight excluding hydrogens is 829 g/mol. The summed E-state index contributed by atoms with van der Waals surface area (Å²) in [5.41, 5.74) is 13.9. The van der Waals surface area contributed by atoms with Gasteiger partial charge in [0.1, 0.15) is 0 Å². The zero-order valence-electron chi connectivity index (χ0n) is 36.4. The standard InChI is InChI=1S/C64H40N2S/c1-5-25-50-46(21-1)61(47-22-2-6-26-51(47)63(50)65-55-29-13-9-17-41(55)42-18-10-14-30-56(42)65)39-34-36-59-54(37-39)45-35-33-40(38-60(45)67-59)62-48-23-3-7-27-52(48)64(53-28-8-4-24-49(53)62)66-57-31-15-11-19-43(57)44-20-12-16-32-58(44)66/h1-38,54,59H. The molecule has 0 radical (unpaired) electrons. The first-order valence-corrected chi connectivity index (χ1v) is 24.2. The Balaban J connectivity index is 0.896. The molecule has 1 aliphatic heterocycles. The molecule has 312 valence electrons. The zero-order chi connectivity index (χ0) is 43.7. The lowest BCUT2D eigenvalue weighted by Gasteiger charge is -2.23. The summed E-state index contributed by atoms with van der Waals surface area (Å²) in [4.78, 5) is 1.37. The SMILES string of the molecule is C1=CC2Sc3cc(-c4c5ccccc5c(-n5c6ccccc6c6ccccc65)c5ccccc45)ccc3C2C=C1c1c2ccccc2c(-n2c3ccccc3c3ccccc32)c2ccccc12. The summed E-state index contributed by atoms with van der Waals surface area (Å²) < 4.78 is 5.01. The van der Waals surface area contributed by atoms with Crippen molar-refractivity contribution in [1.29, 1.82) is 0 Å². The number of para-hydroxylation sites is 4. The predicted octanol–water partition coefficient (Wildman–Crippen LogP) is 17.4. The van der Waals surface area contributed by atoms with Gasteiger partial charge in [0.05, 0.1) is 33.4 Å². The van der Waals surface area contributed by atoms with E-state index in [4.69, 9.17) is 0 Å². The number of thioether (sulfide) groups is 1. The number of nitrogens with zero attached hydrogens (tertiary/aromatic N) is 2. The van der Waals surface area contributed by atoms with Gasteiger partial charge >= 0.3 is 0 Å². The van der Waals surface area contributed by atoms with Crippen LogP contribution in [0.4, 0.5) is 0 Å². The fourth-order valence-corrected chi connectivity index (χ4v) is 13.4. The van der Waals surface area contributed by atoms with Crippen molar-refractivity contribution in [2.24, 2.45) is 0 Å². The lowest BCUT2D eigenvalue weighted by molar-refractivity contribution is 0.885. The van der Waals surface area contributed by atoms with Crippen LogP contribution in [0.3, 0.4) is 0 Å². The first-order chi connectivity index (χ1) is 33.3. The molecule has 1 aliphatic carbocycles. The fraction of sp³-hybridized carbons (Fsp3) is 0.0312. The molecule has 2 atom stereocenters. The van der Waals surface area contributed by atoms with Gasteiger partial charge in [-0.15, -0.1) is 11.8 Å². The average Bonchev–Trinajstić information content (AvgIpc) is 4.04. The van der Waals surface area contributed by atoms with Crippen molar-refractivity contribution in [2.45, 2.75) is 16.1 Å². The van der Waals surface area contributed by atoms with E-state index in [1.54, 1.807) is 0 Å². The van der Waals surface area contributed by atoms with Crippen molar-refractivity contribution in [3.8, 4) is 22.5 Å². The topological polar surface area (TPSA) is 9.86 Å². The predicted molar refractivity (Wildman–Crippen MR) is 287 cm³/mol. The Bertz CT molecular complexity index is 4110. The lowest BCUT2D eigenvalue weighted by atomic mass is 9.83. The number of allylic oxidation sites excluding steroid dienone is 3. The van der Waals surface area contributed by atoms with Gasteiger partial charge in [-0.25, -0.2) is 0 Å². The van der Waals surface area contributed by atoms with Crippen LogP contribution in [-0.4, -0.2) is 14.4 Å². The maximum absolute atomic E-state index is 2.57. The summed E-state index contributed by atoms with van der Waals surface area (Å²) in [7, 11) is 0. The number of aromatic nitrogens is 2. The summed E-state index contributed by atoms with van der Waals surface area (Å²) in [6.45, 7) is 0. The Labute approximate surface area is 391 Å². The van der Waals surface area contributed by atoms with Crippen LogP contribution >= 0.6 is 11.8 Å². The molecule has 2 aromatic heterocycles. The summed E-state index contributed by atoms with van der Waals surface area (Å²) in [5.74, 6) is 0.259. The Morgan fingerprint density at radius 1 is 0.343 bits per heavy atom. The van der Waals surface area contributed by atoms with Crippen molar-refractivity contribution in [1.82, 2.24) is 9.13 Å². The van der Waals surface area contributed by atoms with Gasteiger partial charge < -0.3 is 9.13 Å². The monoisotopic (exact) mass is 868 g/mol. The van der Waals surface area contributed by atoms with Crippen molar-refractivity contribution in [3.63, 3.8) is 0 Å². The molecule has 0 bridgehead atoms. The Morgan fingerprint density at radius 3 is 1.12 bits per heavy atom. The maximum atomic E-state index is 2.57. The van der Waals surface area contributed by atoms with Gasteiger partial charge in [0.25, 0.3) is 0 Å². The second-order valence-electron chi connectivity index (χ2n) is 18.2. The van der Waals surface area contributed by atoms with Gasteiger partial charge in [-0.1, -0.05) is 200 Å². The smallest absolute Gasteiger partial charge is 0.0619 e. The van der Waals surface area contributed by atoms with Crippen LogP contribution in [-0.2, 0) is 0 Å². The van der Waals surface area contributed by atoms with E-state index in [-0.39, 0.29) is 5.92 Å². The van der Waals surface area contributed by atoms with Gasteiger partial charge in [0.2, 0.25) is 0 Å². The van der Waals surface area contributed by atoms with E-state index >= 15 is 0 Å². The molecule has 2 unspecified atom stereocenters. The zero-order valence-corrected chi connectivity index (χ0v) is 37.2. The highest BCUT2D eigenvalue weighted by molar-refractivity contribution is 8.00. The van der Waals surface area contributed by atoms with Crippen molar-refractivity contribution in [2.75, 3.05) is 0 Å². The van der Waals surface area contributed by atoms with Gasteiger partial charge in [0, 0.05) is 59.2 Å².